The fourth-order valence-electron chi connectivity index (χ4n) is 3.43. The van der Waals surface area contributed by atoms with Crippen LogP contribution >= 0.6 is 0 Å². The maximum Gasteiger partial charge on any atom is 0.328 e. The van der Waals surface area contributed by atoms with Crippen molar-refractivity contribution in [2.75, 3.05) is 13.6 Å². The third kappa shape index (κ3) is 3.15. The van der Waals surface area contributed by atoms with Gasteiger partial charge in [-0.3, -0.25) is 14.3 Å². The third-order valence-electron chi connectivity index (χ3n) is 4.86. The van der Waals surface area contributed by atoms with E-state index in [1.807, 2.05) is 0 Å². The molecular weight excluding hydrogens is 290 g/mol. The smallest absolute Gasteiger partial charge is 0.314 e. The Morgan fingerprint density at radius 2 is 2.09 bits per heavy atom. The molecule has 1 aromatic heterocycles. The fraction of sp³-hybridized carbons (Fsp3) is 0.444. The first-order chi connectivity index (χ1) is 11.1. The summed E-state index contributed by atoms with van der Waals surface area (Å²) in [6.45, 7) is 0.792. The van der Waals surface area contributed by atoms with Crippen molar-refractivity contribution in [3.05, 3.63) is 68.0 Å². The number of aromatic amines is 1. The topological polar surface area (TPSA) is 58.1 Å². The van der Waals surface area contributed by atoms with Crippen LogP contribution in [0.3, 0.4) is 0 Å². The second-order valence-corrected chi connectivity index (χ2v) is 6.32. The van der Waals surface area contributed by atoms with Crippen LogP contribution in [0.25, 0.3) is 0 Å². The lowest BCUT2D eigenvalue weighted by Gasteiger charge is -2.33. The molecule has 5 nitrogen and oxygen atoms in total. The SMILES string of the molecule is CN(CCc1c[nH]c(=O)n(C)c1=O)[C@@H]1CCCc2ccccc21. The highest BCUT2D eigenvalue weighted by Gasteiger charge is 2.23. The van der Waals surface area contributed by atoms with Crippen LogP contribution in [0, 0.1) is 0 Å². The zero-order chi connectivity index (χ0) is 16.4. The van der Waals surface area contributed by atoms with E-state index in [1.54, 1.807) is 6.20 Å². The van der Waals surface area contributed by atoms with E-state index in [2.05, 4.69) is 41.2 Å². The number of hydrogen-bond acceptors (Lipinski definition) is 3. The molecule has 1 atom stereocenters. The molecule has 1 aliphatic carbocycles. The molecule has 3 rings (SSSR count). The van der Waals surface area contributed by atoms with Gasteiger partial charge in [-0.2, -0.15) is 0 Å². The second-order valence-electron chi connectivity index (χ2n) is 6.32. The van der Waals surface area contributed by atoms with Crippen molar-refractivity contribution >= 4 is 0 Å². The predicted octanol–water partition coefficient (Wildman–Crippen LogP) is 1.63. The quantitative estimate of drug-likeness (QED) is 0.933. The number of hydrogen-bond donors (Lipinski definition) is 1. The van der Waals surface area contributed by atoms with Gasteiger partial charge in [0, 0.05) is 31.4 Å². The van der Waals surface area contributed by atoms with Crippen molar-refractivity contribution in [1.82, 2.24) is 14.5 Å². The first kappa shape index (κ1) is 15.7. The standard InChI is InChI=1S/C18H23N3O2/c1-20(11-10-14-12-19-18(23)21(2)17(14)22)16-9-5-7-13-6-3-4-8-15(13)16/h3-4,6,8,12,16H,5,7,9-11H2,1-2H3,(H,19,23)/t16-/m1/s1. The largest absolute Gasteiger partial charge is 0.328 e. The van der Waals surface area contributed by atoms with Crippen LogP contribution in [0.15, 0.2) is 40.1 Å². The molecule has 1 aromatic carbocycles. The molecule has 1 heterocycles. The number of nitrogens with zero attached hydrogens (tertiary/aromatic N) is 2. The predicted molar refractivity (Wildman–Crippen MR) is 90.8 cm³/mol. The van der Waals surface area contributed by atoms with Gasteiger partial charge >= 0.3 is 5.69 Å². The minimum atomic E-state index is -0.367. The maximum absolute atomic E-state index is 12.1. The van der Waals surface area contributed by atoms with Crippen LogP contribution in [-0.4, -0.2) is 28.0 Å². The molecule has 1 aliphatic rings. The number of fused-ring (bicyclic) bond motifs is 1. The molecule has 0 spiro atoms. The van der Waals surface area contributed by atoms with Gasteiger partial charge in [0.15, 0.2) is 0 Å². The van der Waals surface area contributed by atoms with E-state index >= 15 is 0 Å². The second kappa shape index (κ2) is 6.54. The molecule has 1 N–H and O–H groups in total. The number of nitrogens with one attached hydrogen (secondary N) is 1. The highest BCUT2D eigenvalue weighted by Crippen LogP contribution is 2.33. The summed E-state index contributed by atoms with van der Waals surface area (Å²) in [5.41, 5.74) is 2.94. The van der Waals surface area contributed by atoms with Gasteiger partial charge in [0.05, 0.1) is 0 Å². The summed E-state index contributed by atoms with van der Waals surface area (Å²) < 4.78 is 1.13. The van der Waals surface area contributed by atoms with Crippen molar-refractivity contribution in [3.63, 3.8) is 0 Å². The van der Waals surface area contributed by atoms with Gasteiger partial charge in [0.25, 0.3) is 5.56 Å². The van der Waals surface area contributed by atoms with E-state index < -0.39 is 0 Å². The van der Waals surface area contributed by atoms with E-state index in [0.29, 0.717) is 18.0 Å². The summed E-state index contributed by atoms with van der Waals surface area (Å²) in [5, 5.41) is 0. The van der Waals surface area contributed by atoms with Gasteiger partial charge in [-0.1, -0.05) is 24.3 Å². The molecule has 0 saturated carbocycles. The molecule has 0 fully saturated rings. The number of aryl methyl sites for hydroxylation is 1. The molecule has 0 amide bonds. The summed E-state index contributed by atoms with van der Waals surface area (Å²) in [5.74, 6) is 0. The number of rotatable bonds is 4. The van der Waals surface area contributed by atoms with E-state index in [-0.39, 0.29) is 11.2 Å². The normalized spacial score (nSPS) is 17.3. The Morgan fingerprint density at radius 3 is 2.91 bits per heavy atom. The molecule has 122 valence electrons. The Kier molecular flexibility index (Phi) is 4.48. The van der Waals surface area contributed by atoms with Gasteiger partial charge in [-0.05, 0) is 43.9 Å². The Bertz CT molecular complexity index is 806. The highest BCUT2D eigenvalue weighted by atomic mass is 16.2. The fourth-order valence-corrected chi connectivity index (χ4v) is 3.43. The lowest BCUT2D eigenvalue weighted by atomic mass is 9.87. The Labute approximate surface area is 135 Å². The van der Waals surface area contributed by atoms with Crippen LogP contribution in [0.5, 0.6) is 0 Å². The van der Waals surface area contributed by atoms with E-state index in [1.165, 1.54) is 24.6 Å². The maximum atomic E-state index is 12.1. The molecule has 0 aliphatic heterocycles. The molecule has 0 saturated heterocycles. The Balaban J connectivity index is 1.74. The number of likely N-dealkylation sites (N-methyl/N-ethyl adjacent to an activating group) is 1. The van der Waals surface area contributed by atoms with Crippen LogP contribution in [0.2, 0.25) is 0 Å². The van der Waals surface area contributed by atoms with Crippen molar-refractivity contribution in [2.45, 2.75) is 31.7 Å². The molecule has 23 heavy (non-hydrogen) atoms. The van der Waals surface area contributed by atoms with Crippen LogP contribution < -0.4 is 11.2 Å². The lowest BCUT2D eigenvalue weighted by Crippen LogP contribution is -2.36. The van der Waals surface area contributed by atoms with Gasteiger partial charge in [0.1, 0.15) is 0 Å². The first-order valence-electron chi connectivity index (χ1n) is 8.13. The van der Waals surface area contributed by atoms with Crippen LogP contribution in [0.1, 0.15) is 35.6 Å². The van der Waals surface area contributed by atoms with Gasteiger partial charge in [-0.25, -0.2) is 4.79 Å². The zero-order valence-corrected chi connectivity index (χ0v) is 13.7. The first-order valence-corrected chi connectivity index (χ1v) is 8.13. The average molecular weight is 313 g/mol. The van der Waals surface area contributed by atoms with Crippen molar-refractivity contribution in [1.29, 1.82) is 0 Å². The average Bonchev–Trinajstić information content (AvgIpc) is 2.58. The monoisotopic (exact) mass is 313 g/mol. The van der Waals surface area contributed by atoms with Gasteiger partial charge in [-0.15, -0.1) is 0 Å². The van der Waals surface area contributed by atoms with Gasteiger partial charge in [0.2, 0.25) is 0 Å². The van der Waals surface area contributed by atoms with E-state index in [9.17, 15) is 9.59 Å². The molecular formula is C18H23N3O2. The zero-order valence-electron chi connectivity index (χ0n) is 13.7. The van der Waals surface area contributed by atoms with E-state index in [0.717, 1.165) is 24.0 Å². The van der Waals surface area contributed by atoms with Crippen molar-refractivity contribution in [3.8, 4) is 0 Å². The van der Waals surface area contributed by atoms with Crippen molar-refractivity contribution < 1.29 is 0 Å². The summed E-state index contributed by atoms with van der Waals surface area (Å²) in [6, 6.07) is 9.04. The summed E-state index contributed by atoms with van der Waals surface area (Å²) in [4.78, 5) is 28.5. The van der Waals surface area contributed by atoms with Gasteiger partial charge < -0.3 is 4.98 Å². The molecule has 5 heteroatoms. The Hall–Kier alpha value is -2.14. The molecule has 0 radical (unpaired) electrons. The molecule has 0 bridgehead atoms. The summed E-state index contributed by atoms with van der Waals surface area (Å²) >= 11 is 0. The number of aromatic nitrogens is 2. The highest BCUT2D eigenvalue weighted by molar-refractivity contribution is 5.32. The molecule has 2 aromatic rings. The molecule has 0 unspecified atom stereocenters. The number of benzene rings is 1. The van der Waals surface area contributed by atoms with E-state index in [4.69, 9.17) is 0 Å². The summed E-state index contributed by atoms with van der Waals surface area (Å²) in [6.07, 6.45) is 5.69. The lowest BCUT2D eigenvalue weighted by molar-refractivity contribution is 0.223. The van der Waals surface area contributed by atoms with Crippen LogP contribution in [-0.2, 0) is 19.9 Å². The third-order valence-corrected chi connectivity index (χ3v) is 4.86. The van der Waals surface area contributed by atoms with Crippen molar-refractivity contribution in [2.24, 2.45) is 7.05 Å². The minimum absolute atomic E-state index is 0.203. The Morgan fingerprint density at radius 1 is 1.30 bits per heavy atom. The summed E-state index contributed by atoms with van der Waals surface area (Å²) in [7, 11) is 3.62. The minimum Gasteiger partial charge on any atom is -0.314 e. The van der Waals surface area contributed by atoms with Crippen LogP contribution in [0.4, 0.5) is 0 Å². The number of H-pyrrole nitrogens is 1.